The number of fused-ring (bicyclic) bond motifs is 1. The summed E-state index contributed by atoms with van der Waals surface area (Å²) >= 11 is 3.04. The number of carbonyl (C=O) groups is 1. The molecule has 76 valence electrons. The number of rotatable bonds is 1. The molecule has 0 radical (unpaired) electrons. The molecule has 2 rings (SSSR count). The second-order valence-corrected chi connectivity index (χ2v) is 3.51. The molecule has 0 spiro atoms. The van der Waals surface area contributed by atoms with E-state index in [1.165, 1.54) is 12.4 Å². The number of amides is 1. The van der Waals surface area contributed by atoms with Gasteiger partial charge in [0.05, 0.1) is 11.7 Å². The maximum atomic E-state index is 11.7. The van der Waals surface area contributed by atoms with Crippen molar-refractivity contribution in [3.05, 3.63) is 32.9 Å². The van der Waals surface area contributed by atoms with E-state index in [1.807, 2.05) is 0 Å². The van der Waals surface area contributed by atoms with Crippen LogP contribution in [-0.4, -0.2) is 20.9 Å². The number of primary amides is 1. The van der Waals surface area contributed by atoms with E-state index >= 15 is 0 Å². The number of aromatic nitrogens is 3. The molecule has 2 aromatic rings. The lowest BCUT2D eigenvalue weighted by Gasteiger charge is -1.98. The number of nitrogens with two attached hydrogens (primary N) is 1. The Labute approximate surface area is 91.7 Å². The summed E-state index contributed by atoms with van der Waals surface area (Å²) in [4.78, 5) is 33.0. The Morgan fingerprint density at radius 3 is 2.93 bits per heavy atom. The maximum Gasteiger partial charge on any atom is 0.254 e. The highest BCUT2D eigenvalue weighted by atomic mass is 79.9. The van der Waals surface area contributed by atoms with Gasteiger partial charge >= 0.3 is 0 Å². The summed E-state index contributed by atoms with van der Waals surface area (Å²) in [5.74, 6) is -0.784. The molecule has 6 nitrogen and oxygen atoms in total. The lowest BCUT2D eigenvalue weighted by molar-refractivity contribution is 0.0999. The van der Waals surface area contributed by atoms with Gasteiger partial charge in [-0.2, -0.15) is 0 Å². The quantitative estimate of drug-likeness (QED) is 0.721. The Bertz CT molecular complexity index is 607. The van der Waals surface area contributed by atoms with Gasteiger partial charge in [-0.1, -0.05) is 0 Å². The van der Waals surface area contributed by atoms with Gasteiger partial charge in [0.15, 0.2) is 4.73 Å². The van der Waals surface area contributed by atoms with Crippen LogP contribution < -0.4 is 11.2 Å². The molecular formula is C8H5BrN4O2. The van der Waals surface area contributed by atoms with Crippen LogP contribution in [0.3, 0.4) is 0 Å². The predicted molar refractivity (Wildman–Crippen MR) is 56.4 cm³/mol. The normalized spacial score (nSPS) is 10.5. The average molecular weight is 269 g/mol. The molecule has 1 amide bonds. The Kier molecular flexibility index (Phi) is 2.24. The van der Waals surface area contributed by atoms with E-state index in [0.717, 1.165) is 0 Å². The Morgan fingerprint density at radius 1 is 1.53 bits per heavy atom. The monoisotopic (exact) mass is 268 g/mol. The molecule has 0 aliphatic carbocycles. The molecule has 0 saturated carbocycles. The summed E-state index contributed by atoms with van der Waals surface area (Å²) in [7, 11) is 0. The molecule has 0 aliphatic rings. The van der Waals surface area contributed by atoms with Crippen LogP contribution in [-0.2, 0) is 0 Å². The zero-order valence-corrected chi connectivity index (χ0v) is 8.91. The fourth-order valence-electron chi connectivity index (χ4n) is 1.17. The Hall–Kier alpha value is -1.76. The highest BCUT2D eigenvalue weighted by Gasteiger charge is 2.11. The predicted octanol–water partition coefficient (Wildman–Crippen LogP) is 0.179. The summed E-state index contributed by atoms with van der Waals surface area (Å²) < 4.78 is 0.280. The number of carbonyl (C=O) groups excluding carboxylic acids is 1. The number of nitrogens with zero attached hydrogens (tertiary/aromatic N) is 2. The SMILES string of the molecule is NC(=O)c1c[nH]c2cnc(Br)nc2c1=O. The van der Waals surface area contributed by atoms with Gasteiger partial charge < -0.3 is 10.7 Å². The highest BCUT2D eigenvalue weighted by Crippen LogP contribution is 2.07. The van der Waals surface area contributed by atoms with Gasteiger partial charge in [-0.05, 0) is 15.9 Å². The first-order chi connectivity index (χ1) is 7.09. The van der Waals surface area contributed by atoms with E-state index in [4.69, 9.17) is 5.73 Å². The molecule has 0 bridgehead atoms. The van der Waals surface area contributed by atoms with Crippen molar-refractivity contribution in [2.45, 2.75) is 0 Å². The highest BCUT2D eigenvalue weighted by molar-refractivity contribution is 9.10. The van der Waals surface area contributed by atoms with E-state index in [-0.39, 0.29) is 15.8 Å². The minimum absolute atomic E-state index is 0.117. The van der Waals surface area contributed by atoms with Crippen LogP contribution in [0.25, 0.3) is 11.0 Å². The lowest BCUT2D eigenvalue weighted by Crippen LogP contribution is -2.22. The molecule has 0 saturated heterocycles. The van der Waals surface area contributed by atoms with E-state index in [2.05, 4.69) is 30.9 Å². The molecule has 0 atom stereocenters. The molecule has 0 fully saturated rings. The van der Waals surface area contributed by atoms with Crippen molar-refractivity contribution in [2.75, 3.05) is 0 Å². The number of nitrogens with one attached hydrogen (secondary N) is 1. The summed E-state index contributed by atoms with van der Waals surface area (Å²) in [6.07, 6.45) is 2.70. The van der Waals surface area contributed by atoms with Crippen molar-refractivity contribution < 1.29 is 4.79 Å². The smallest absolute Gasteiger partial charge is 0.254 e. The average Bonchev–Trinajstić information content (AvgIpc) is 2.19. The zero-order chi connectivity index (χ0) is 11.0. The minimum Gasteiger partial charge on any atom is -0.365 e. The van der Waals surface area contributed by atoms with Crippen molar-refractivity contribution >= 4 is 32.9 Å². The maximum absolute atomic E-state index is 11.7. The van der Waals surface area contributed by atoms with E-state index in [9.17, 15) is 9.59 Å². The fourth-order valence-corrected chi connectivity index (χ4v) is 1.44. The van der Waals surface area contributed by atoms with Crippen molar-refractivity contribution in [3.63, 3.8) is 0 Å². The van der Waals surface area contributed by atoms with Gasteiger partial charge in [0.25, 0.3) is 5.91 Å². The van der Waals surface area contributed by atoms with Gasteiger partial charge in [0.2, 0.25) is 5.43 Å². The third-order valence-corrected chi connectivity index (χ3v) is 2.24. The van der Waals surface area contributed by atoms with Crippen LogP contribution in [0.2, 0.25) is 0 Å². The van der Waals surface area contributed by atoms with Crippen LogP contribution in [0.15, 0.2) is 21.9 Å². The van der Waals surface area contributed by atoms with Crippen LogP contribution in [0, 0.1) is 0 Å². The number of pyridine rings is 1. The molecule has 2 heterocycles. The second-order valence-electron chi connectivity index (χ2n) is 2.80. The topological polar surface area (TPSA) is 102 Å². The van der Waals surface area contributed by atoms with Gasteiger partial charge in [-0.3, -0.25) is 9.59 Å². The summed E-state index contributed by atoms with van der Waals surface area (Å²) in [5.41, 5.74) is 5.00. The Morgan fingerprint density at radius 2 is 2.27 bits per heavy atom. The number of halogens is 1. The van der Waals surface area contributed by atoms with E-state index in [0.29, 0.717) is 5.52 Å². The zero-order valence-electron chi connectivity index (χ0n) is 7.32. The second kappa shape index (κ2) is 3.43. The van der Waals surface area contributed by atoms with Crippen LogP contribution in [0.1, 0.15) is 10.4 Å². The van der Waals surface area contributed by atoms with Crippen molar-refractivity contribution in [1.29, 1.82) is 0 Å². The minimum atomic E-state index is -0.784. The largest absolute Gasteiger partial charge is 0.365 e. The molecule has 3 N–H and O–H groups in total. The standard InChI is InChI=1S/C8H5BrN4O2/c9-8-12-2-4-5(13-8)6(14)3(1-11-4)7(10)15/h1-2H,(H2,10,15)(H,11,14). The van der Waals surface area contributed by atoms with Crippen LogP contribution in [0.5, 0.6) is 0 Å². The first kappa shape index (κ1) is 9.78. The van der Waals surface area contributed by atoms with Crippen molar-refractivity contribution in [3.8, 4) is 0 Å². The Balaban J connectivity index is 2.89. The third kappa shape index (κ3) is 1.61. The van der Waals surface area contributed by atoms with Crippen molar-refractivity contribution in [1.82, 2.24) is 15.0 Å². The van der Waals surface area contributed by atoms with Crippen LogP contribution in [0.4, 0.5) is 0 Å². The van der Waals surface area contributed by atoms with Gasteiger partial charge in [-0.15, -0.1) is 0 Å². The molecule has 0 aromatic carbocycles. The molecule has 0 unspecified atom stereocenters. The summed E-state index contributed by atoms with van der Waals surface area (Å²) in [6, 6.07) is 0. The van der Waals surface area contributed by atoms with Gasteiger partial charge in [-0.25, -0.2) is 9.97 Å². The third-order valence-electron chi connectivity index (χ3n) is 1.86. The molecular weight excluding hydrogens is 264 g/mol. The molecule has 0 aliphatic heterocycles. The van der Waals surface area contributed by atoms with Crippen LogP contribution >= 0.6 is 15.9 Å². The van der Waals surface area contributed by atoms with Gasteiger partial charge in [0.1, 0.15) is 11.1 Å². The first-order valence-corrected chi connectivity index (χ1v) is 4.72. The van der Waals surface area contributed by atoms with E-state index < -0.39 is 11.3 Å². The van der Waals surface area contributed by atoms with Gasteiger partial charge in [0, 0.05) is 6.20 Å². The molecule has 7 heteroatoms. The summed E-state index contributed by atoms with van der Waals surface area (Å²) in [6.45, 7) is 0. The number of hydrogen-bond donors (Lipinski definition) is 2. The summed E-state index contributed by atoms with van der Waals surface area (Å²) in [5, 5.41) is 0. The number of aromatic amines is 1. The lowest BCUT2D eigenvalue weighted by atomic mass is 10.2. The molecule has 2 aromatic heterocycles. The van der Waals surface area contributed by atoms with E-state index in [1.54, 1.807) is 0 Å². The number of H-pyrrole nitrogens is 1. The molecule has 15 heavy (non-hydrogen) atoms. The van der Waals surface area contributed by atoms with Crippen molar-refractivity contribution in [2.24, 2.45) is 5.73 Å². The fraction of sp³-hybridized carbons (Fsp3) is 0. The first-order valence-electron chi connectivity index (χ1n) is 3.93. The number of hydrogen-bond acceptors (Lipinski definition) is 4.